The lowest BCUT2D eigenvalue weighted by Gasteiger charge is -2.21. The maximum absolute atomic E-state index is 11.3. The van der Waals surface area contributed by atoms with Crippen LogP contribution in [0.2, 0.25) is 0 Å². The fourth-order valence-corrected chi connectivity index (χ4v) is 1.40. The molecule has 0 radical (unpaired) electrons. The van der Waals surface area contributed by atoms with E-state index in [0.717, 1.165) is 12.2 Å². The van der Waals surface area contributed by atoms with Gasteiger partial charge in [-0.05, 0) is 32.4 Å². The molecule has 2 N–H and O–H groups in total. The molecule has 1 heterocycles. The Morgan fingerprint density at radius 1 is 1.56 bits per heavy atom. The molecular formula is C12H19NO3. The number of rotatable bonds is 5. The number of aliphatic hydroxyl groups is 1. The van der Waals surface area contributed by atoms with Gasteiger partial charge in [-0.1, -0.05) is 6.92 Å². The van der Waals surface area contributed by atoms with E-state index in [4.69, 9.17) is 4.42 Å². The normalized spacial score (nSPS) is 14.5. The van der Waals surface area contributed by atoms with Crippen LogP contribution >= 0.6 is 0 Å². The minimum Gasteiger partial charge on any atom is -0.463 e. The predicted octanol–water partition coefficient (Wildman–Crippen LogP) is 1.71. The van der Waals surface area contributed by atoms with Gasteiger partial charge >= 0.3 is 0 Å². The smallest absolute Gasteiger partial charge is 0.220 e. The predicted molar refractivity (Wildman–Crippen MR) is 60.9 cm³/mol. The molecule has 0 saturated carbocycles. The van der Waals surface area contributed by atoms with Gasteiger partial charge in [-0.2, -0.15) is 0 Å². The van der Waals surface area contributed by atoms with Gasteiger partial charge in [0.2, 0.25) is 5.91 Å². The van der Waals surface area contributed by atoms with Crippen molar-refractivity contribution in [2.75, 3.05) is 6.54 Å². The van der Waals surface area contributed by atoms with Gasteiger partial charge in [0.1, 0.15) is 17.1 Å². The number of carbonyl (C=O) groups excluding carboxylic acids is 1. The molecule has 0 aliphatic heterocycles. The molecule has 0 saturated heterocycles. The van der Waals surface area contributed by atoms with Crippen LogP contribution in [0.4, 0.5) is 0 Å². The van der Waals surface area contributed by atoms with E-state index in [1.807, 2.05) is 13.8 Å². The molecule has 4 heteroatoms. The molecule has 1 aromatic heterocycles. The van der Waals surface area contributed by atoms with Crippen molar-refractivity contribution in [1.82, 2.24) is 5.32 Å². The Hall–Kier alpha value is -1.29. The fourth-order valence-electron chi connectivity index (χ4n) is 1.40. The topological polar surface area (TPSA) is 62.5 Å². The summed E-state index contributed by atoms with van der Waals surface area (Å²) in [6.45, 7) is 5.54. The Kier molecular flexibility index (Phi) is 4.12. The van der Waals surface area contributed by atoms with E-state index in [1.165, 1.54) is 0 Å². The summed E-state index contributed by atoms with van der Waals surface area (Å²) >= 11 is 0. The lowest BCUT2D eigenvalue weighted by molar-refractivity contribution is -0.122. The number of carbonyl (C=O) groups is 1. The minimum atomic E-state index is -1.16. The van der Waals surface area contributed by atoms with Crippen LogP contribution in [-0.2, 0) is 10.4 Å². The lowest BCUT2D eigenvalue weighted by Crippen LogP contribution is -2.38. The van der Waals surface area contributed by atoms with Crippen LogP contribution in [0.5, 0.6) is 0 Å². The molecule has 0 fully saturated rings. The van der Waals surface area contributed by atoms with E-state index in [0.29, 0.717) is 12.2 Å². The van der Waals surface area contributed by atoms with E-state index in [1.54, 1.807) is 19.1 Å². The molecule has 1 atom stereocenters. The highest BCUT2D eigenvalue weighted by Gasteiger charge is 2.27. The molecule has 4 nitrogen and oxygen atoms in total. The Labute approximate surface area is 95.7 Å². The summed E-state index contributed by atoms with van der Waals surface area (Å²) in [7, 11) is 0. The van der Waals surface area contributed by atoms with Crippen molar-refractivity contribution >= 4 is 5.91 Å². The first-order valence-corrected chi connectivity index (χ1v) is 5.51. The summed E-state index contributed by atoms with van der Waals surface area (Å²) in [5.41, 5.74) is -1.16. The van der Waals surface area contributed by atoms with Crippen molar-refractivity contribution in [3.8, 4) is 0 Å². The van der Waals surface area contributed by atoms with Crippen LogP contribution in [0.25, 0.3) is 0 Å². The van der Waals surface area contributed by atoms with Gasteiger partial charge in [0.15, 0.2) is 0 Å². The average molecular weight is 225 g/mol. The zero-order valence-corrected chi connectivity index (χ0v) is 10.0. The highest BCUT2D eigenvalue weighted by Crippen LogP contribution is 2.21. The van der Waals surface area contributed by atoms with Crippen molar-refractivity contribution in [1.29, 1.82) is 0 Å². The van der Waals surface area contributed by atoms with E-state index in [9.17, 15) is 9.90 Å². The van der Waals surface area contributed by atoms with Gasteiger partial charge in [-0.15, -0.1) is 0 Å². The number of nitrogens with one attached hydrogen (secondary N) is 1. The zero-order chi connectivity index (χ0) is 12.2. The van der Waals surface area contributed by atoms with E-state index in [2.05, 4.69) is 5.32 Å². The van der Waals surface area contributed by atoms with Crippen molar-refractivity contribution in [3.05, 3.63) is 23.7 Å². The molecule has 0 aliphatic carbocycles. The minimum absolute atomic E-state index is 0.0500. The van der Waals surface area contributed by atoms with Crippen LogP contribution in [-0.4, -0.2) is 17.6 Å². The number of hydrogen-bond donors (Lipinski definition) is 2. The van der Waals surface area contributed by atoms with Crippen molar-refractivity contribution in [2.45, 2.75) is 39.2 Å². The largest absolute Gasteiger partial charge is 0.463 e. The molecule has 0 spiro atoms. The fraction of sp³-hybridized carbons (Fsp3) is 0.583. The van der Waals surface area contributed by atoms with Gasteiger partial charge < -0.3 is 14.8 Å². The summed E-state index contributed by atoms with van der Waals surface area (Å²) < 4.78 is 5.34. The van der Waals surface area contributed by atoms with Crippen LogP contribution in [0.1, 0.15) is 38.2 Å². The summed E-state index contributed by atoms with van der Waals surface area (Å²) in [5, 5.41) is 12.8. The average Bonchev–Trinajstić information content (AvgIpc) is 2.63. The summed E-state index contributed by atoms with van der Waals surface area (Å²) in [5.74, 6) is 1.17. The second kappa shape index (κ2) is 5.16. The van der Waals surface area contributed by atoms with Crippen LogP contribution in [0, 0.1) is 6.92 Å². The van der Waals surface area contributed by atoms with Gasteiger partial charge in [0.25, 0.3) is 0 Å². The molecule has 16 heavy (non-hydrogen) atoms. The SMILES string of the molecule is CCCC(=O)NCC(C)(O)c1ccc(C)o1. The summed E-state index contributed by atoms with van der Waals surface area (Å²) in [6, 6.07) is 3.51. The van der Waals surface area contributed by atoms with Crippen LogP contribution in [0.3, 0.4) is 0 Å². The third-order valence-electron chi connectivity index (χ3n) is 2.38. The third-order valence-corrected chi connectivity index (χ3v) is 2.38. The molecule has 1 rings (SSSR count). The van der Waals surface area contributed by atoms with Gasteiger partial charge in [0.05, 0.1) is 6.54 Å². The molecular weight excluding hydrogens is 206 g/mol. The van der Waals surface area contributed by atoms with Gasteiger partial charge in [-0.25, -0.2) is 0 Å². The maximum atomic E-state index is 11.3. The molecule has 1 amide bonds. The van der Waals surface area contributed by atoms with Crippen molar-refractivity contribution in [2.24, 2.45) is 0 Å². The number of hydrogen-bond acceptors (Lipinski definition) is 3. The Bertz CT molecular complexity index is 355. The standard InChI is InChI=1S/C12H19NO3/c1-4-5-11(14)13-8-12(3,15)10-7-6-9(2)16-10/h6-7,15H,4-5,8H2,1-3H3,(H,13,14). The second-order valence-electron chi connectivity index (χ2n) is 4.21. The quantitative estimate of drug-likeness (QED) is 0.802. The Morgan fingerprint density at radius 2 is 2.25 bits per heavy atom. The monoisotopic (exact) mass is 225 g/mol. The first-order chi connectivity index (χ1) is 7.45. The van der Waals surface area contributed by atoms with E-state index in [-0.39, 0.29) is 12.5 Å². The van der Waals surface area contributed by atoms with Crippen molar-refractivity contribution in [3.63, 3.8) is 0 Å². The van der Waals surface area contributed by atoms with Crippen LogP contribution < -0.4 is 5.32 Å². The Morgan fingerprint density at radius 3 is 2.75 bits per heavy atom. The zero-order valence-electron chi connectivity index (χ0n) is 10.0. The van der Waals surface area contributed by atoms with Gasteiger partial charge in [-0.3, -0.25) is 4.79 Å². The maximum Gasteiger partial charge on any atom is 0.220 e. The molecule has 90 valence electrons. The Balaban J connectivity index is 2.55. The van der Waals surface area contributed by atoms with Crippen molar-refractivity contribution < 1.29 is 14.3 Å². The second-order valence-corrected chi connectivity index (χ2v) is 4.21. The summed E-state index contributed by atoms with van der Waals surface area (Å²) in [4.78, 5) is 11.3. The molecule has 1 aromatic rings. The van der Waals surface area contributed by atoms with E-state index >= 15 is 0 Å². The van der Waals surface area contributed by atoms with E-state index < -0.39 is 5.60 Å². The highest BCUT2D eigenvalue weighted by molar-refractivity contribution is 5.75. The van der Waals surface area contributed by atoms with Crippen LogP contribution in [0.15, 0.2) is 16.5 Å². The third kappa shape index (κ3) is 3.38. The number of furan rings is 1. The molecule has 0 bridgehead atoms. The molecule has 1 unspecified atom stereocenters. The first kappa shape index (κ1) is 12.8. The first-order valence-electron chi connectivity index (χ1n) is 5.51. The van der Waals surface area contributed by atoms with Gasteiger partial charge in [0, 0.05) is 6.42 Å². The number of aryl methyl sites for hydroxylation is 1. The summed E-state index contributed by atoms with van der Waals surface area (Å²) in [6.07, 6.45) is 1.28. The highest BCUT2D eigenvalue weighted by atomic mass is 16.4. The molecule has 0 aromatic carbocycles. The number of amides is 1. The lowest BCUT2D eigenvalue weighted by atomic mass is 10.0. The molecule has 0 aliphatic rings.